The molecule has 1 aromatic heterocycles. The summed E-state index contributed by atoms with van der Waals surface area (Å²) in [7, 11) is 1.49. The molecule has 0 aliphatic rings. The molecule has 0 radical (unpaired) electrons. The molecule has 3 N–H and O–H groups in total. The summed E-state index contributed by atoms with van der Waals surface area (Å²) in [6, 6.07) is 15.9. The molecule has 29 heavy (non-hydrogen) atoms. The number of benzene rings is 2. The number of nitrogen functional groups attached to an aromatic ring is 1. The van der Waals surface area contributed by atoms with Crippen molar-refractivity contribution in [3.63, 3.8) is 0 Å². The maximum absolute atomic E-state index is 12.2. The van der Waals surface area contributed by atoms with Crippen molar-refractivity contribution in [3.8, 4) is 34.8 Å². The number of H-pyrrole nitrogens is 1. The van der Waals surface area contributed by atoms with E-state index in [1.165, 1.54) is 7.11 Å². The normalized spacial score (nSPS) is 10.1. The summed E-state index contributed by atoms with van der Waals surface area (Å²) < 4.78 is 11.2. The molecule has 8 heteroatoms. The van der Waals surface area contributed by atoms with E-state index in [1.807, 2.05) is 30.3 Å². The molecule has 0 saturated carbocycles. The van der Waals surface area contributed by atoms with E-state index >= 15 is 0 Å². The Kier molecular flexibility index (Phi) is 5.73. The molecule has 3 rings (SSSR count). The van der Waals surface area contributed by atoms with Crippen LogP contribution in [0.1, 0.15) is 16.7 Å². The van der Waals surface area contributed by atoms with Gasteiger partial charge in [0.2, 0.25) is 0 Å². The van der Waals surface area contributed by atoms with Crippen LogP contribution in [-0.4, -0.2) is 12.1 Å². The van der Waals surface area contributed by atoms with Crippen molar-refractivity contribution in [2.75, 3.05) is 12.8 Å². The van der Waals surface area contributed by atoms with E-state index in [4.69, 9.17) is 26.8 Å². The zero-order chi connectivity index (χ0) is 21.0. The van der Waals surface area contributed by atoms with Crippen LogP contribution in [0.3, 0.4) is 0 Å². The fraction of sp³-hybridized carbons (Fsp3) is 0.0952. The Morgan fingerprint density at radius 3 is 2.48 bits per heavy atom. The number of pyridine rings is 1. The zero-order valence-electron chi connectivity index (χ0n) is 15.3. The maximum atomic E-state index is 12.2. The largest absolute Gasteiger partial charge is 0.493 e. The molecule has 0 bridgehead atoms. The number of rotatable bonds is 5. The van der Waals surface area contributed by atoms with Crippen LogP contribution in [-0.2, 0) is 6.61 Å². The number of nitrogens with zero attached hydrogens (tertiary/aromatic N) is 2. The first-order chi connectivity index (χ1) is 14.0. The summed E-state index contributed by atoms with van der Waals surface area (Å²) in [6.07, 6.45) is 0. The highest BCUT2D eigenvalue weighted by Crippen LogP contribution is 2.36. The first kappa shape index (κ1) is 19.8. The summed E-state index contributed by atoms with van der Waals surface area (Å²) in [5.74, 6) is 0.688. The molecule has 7 nitrogen and oxygen atoms in total. The first-order valence-electron chi connectivity index (χ1n) is 8.40. The average molecular weight is 407 g/mol. The molecule has 0 unspecified atom stereocenters. The van der Waals surface area contributed by atoms with Crippen LogP contribution in [0.15, 0.2) is 47.3 Å². The number of nitrogens with one attached hydrogen (secondary N) is 1. The van der Waals surface area contributed by atoms with Gasteiger partial charge in [-0.25, -0.2) is 0 Å². The summed E-state index contributed by atoms with van der Waals surface area (Å²) in [6.45, 7) is 0.174. The lowest BCUT2D eigenvalue weighted by atomic mass is 9.96. The number of halogens is 1. The van der Waals surface area contributed by atoms with Crippen molar-refractivity contribution in [1.82, 2.24) is 4.98 Å². The molecule has 1 heterocycles. The molecule has 3 aromatic rings. The topological polar surface area (TPSA) is 125 Å². The number of hydrogen-bond donors (Lipinski definition) is 2. The quantitative estimate of drug-likeness (QED) is 0.666. The second kappa shape index (κ2) is 8.39. The van der Waals surface area contributed by atoms with Crippen LogP contribution in [0.4, 0.5) is 5.82 Å². The van der Waals surface area contributed by atoms with E-state index in [9.17, 15) is 15.3 Å². The second-order valence-corrected chi connectivity index (χ2v) is 6.37. The summed E-state index contributed by atoms with van der Waals surface area (Å²) in [4.78, 5) is 14.5. The predicted octanol–water partition coefficient (Wildman–Crippen LogP) is 3.61. The molecular weight excluding hydrogens is 392 g/mol. The zero-order valence-corrected chi connectivity index (χ0v) is 16.1. The lowest BCUT2D eigenvalue weighted by Crippen LogP contribution is -2.16. The minimum Gasteiger partial charge on any atom is -0.493 e. The molecule has 0 atom stereocenters. The maximum Gasteiger partial charge on any atom is 0.268 e. The van der Waals surface area contributed by atoms with E-state index in [0.29, 0.717) is 22.1 Å². The molecule has 0 saturated heterocycles. The van der Waals surface area contributed by atoms with E-state index in [2.05, 4.69) is 4.98 Å². The van der Waals surface area contributed by atoms with Gasteiger partial charge in [0, 0.05) is 16.1 Å². The fourth-order valence-corrected chi connectivity index (χ4v) is 3.04. The monoisotopic (exact) mass is 406 g/mol. The molecule has 0 aliphatic heterocycles. The van der Waals surface area contributed by atoms with Gasteiger partial charge >= 0.3 is 0 Å². The van der Waals surface area contributed by atoms with Gasteiger partial charge in [0.1, 0.15) is 35.7 Å². The van der Waals surface area contributed by atoms with Crippen LogP contribution < -0.4 is 20.8 Å². The third kappa shape index (κ3) is 3.86. The number of methoxy groups -OCH3 is 1. The van der Waals surface area contributed by atoms with Gasteiger partial charge in [-0.1, -0.05) is 35.9 Å². The highest BCUT2D eigenvalue weighted by Gasteiger charge is 2.19. The Morgan fingerprint density at radius 1 is 1.10 bits per heavy atom. The number of hydrogen-bond acceptors (Lipinski definition) is 6. The summed E-state index contributed by atoms with van der Waals surface area (Å²) in [5.41, 5.74) is 6.24. The summed E-state index contributed by atoms with van der Waals surface area (Å²) in [5, 5.41) is 19.5. The van der Waals surface area contributed by atoms with Crippen LogP contribution in [0.25, 0.3) is 11.1 Å². The van der Waals surface area contributed by atoms with Gasteiger partial charge in [-0.15, -0.1) is 0 Å². The second-order valence-electron chi connectivity index (χ2n) is 5.96. The first-order valence-corrected chi connectivity index (χ1v) is 8.78. The molecule has 144 valence electrons. The molecule has 0 amide bonds. The van der Waals surface area contributed by atoms with E-state index < -0.39 is 5.56 Å². The van der Waals surface area contributed by atoms with E-state index in [0.717, 1.165) is 5.56 Å². The van der Waals surface area contributed by atoms with Gasteiger partial charge in [-0.05, 0) is 23.8 Å². The lowest BCUT2D eigenvalue weighted by Gasteiger charge is -2.14. The molecule has 2 aromatic carbocycles. The van der Waals surface area contributed by atoms with Gasteiger partial charge in [-0.2, -0.15) is 10.5 Å². The molecule has 0 fully saturated rings. The van der Waals surface area contributed by atoms with Gasteiger partial charge in [-0.3, -0.25) is 4.79 Å². The number of nitrogens with two attached hydrogens (primary N) is 1. The Labute approximate surface area is 171 Å². The number of ether oxygens (including phenoxy) is 2. The SMILES string of the molecule is COc1ccc(-c2c(C#N)c(N)[nH]c(=O)c2C#N)cc1OCc1ccccc1Cl. The minimum absolute atomic E-state index is 0.00312. The molecule has 0 aliphatic carbocycles. The van der Waals surface area contributed by atoms with Crippen molar-refractivity contribution >= 4 is 17.4 Å². The van der Waals surface area contributed by atoms with E-state index in [1.54, 1.807) is 24.3 Å². The minimum atomic E-state index is -0.673. The number of aromatic nitrogens is 1. The average Bonchev–Trinajstić information content (AvgIpc) is 2.72. The number of aromatic amines is 1. The van der Waals surface area contributed by atoms with Gasteiger partial charge in [0.25, 0.3) is 5.56 Å². The Bertz CT molecular complexity index is 1220. The van der Waals surface area contributed by atoms with Gasteiger partial charge in [0.05, 0.1) is 7.11 Å². The van der Waals surface area contributed by atoms with Crippen molar-refractivity contribution in [2.45, 2.75) is 6.61 Å². The number of anilines is 1. The third-order valence-corrected chi connectivity index (χ3v) is 4.63. The van der Waals surface area contributed by atoms with Crippen molar-refractivity contribution in [1.29, 1.82) is 10.5 Å². The van der Waals surface area contributed by atoms with Gasteiger partial charge in [0.15, 0.2) is 11.5 Å². The Morgan fingerprint density at radius 2 is 1.83 bits per heavy atom. The number of nitriles is 2. The van der Waals surface area contributed by atoms with Crippen LogP contribution in [0, 0.1) is 22.7 Å². The van der Waals surface area contributed by atoms with Gasteiger partial charge < -0.3 is 20.2 Å². The van der Waals surface area contributed by atoms with Crippen molar-refractivity contribution < 1.29 is 9.47 Å². The van der Waals surface area contributed by atoms with E-state index in [-0.39, 0.29) is 29.1 Å². The third-order valence-electron chi connectivity index (χ3n) is 4.26. The van der Waals surface area contributed by atoms with Crippen molar-refractivity contribution in [3.05, 3.63) is 74.5 Å². The highest BCUT2D eigenvalue weighted by atomic mass is 35.5. The van der Waals surface area contributed by atoms with Crippen molar-refractivity contribution in [2.24, 2.45) is 0 Å². The van der Waals surface area contributed by atoms with Crippen LogP contribution >= 0.6 is 11.6 Å². The smallest absolute Gasteiger partial charge is 0.268 e. The summed E-state index contributed by atoms with van der Waals surface area (Å²) >= 11 is 6.17. The van der Waals surface area contributed by atoms with Crippen LogP contribution in [0.5, 0.6) is 11.5 Å². The molecular formula is C21H15ClN4O3. The van der Waals surface area contributed by atoms with Crippen LogP contribution in [0.2, 0.25) is 5.02 Å². The fourth-order valence-electron chi connectivity index (χ4n) is 2.85. The lowest BCUT2D eigenvalue weighted by molar-refractivity contribution is 0.285. The Hall–Kier alpha value is -3.94. The molecule has 0 spiro atoms. The highest BCUT2D eigenvalue weighted by molar-refractivity contribution is 6.31. The predicted molar refractivity (Wildman–Crippen MR) is 109 cm³/mol. The Balaban J connectivity index is 2.11. The standard InChI is InChI=1S/C21H15ClN4O3/c1-28-17-7-6-12(8-18(17)29-11-13-4-2-3-5-16(13)22)19-14(9-23)20(25)26-21(27)15(19)10-24/h2-8H,11H2,1H3,(H3,25,26,27).